The van der Waals surface area contributed by atoms with Crippen LogP contribution < -0.4 is 5.32 Å². The lowest BCUT2D eigenvalue weighted by atomic mass is 9.96. The minimum absolute atomic E-state index is 0.220. The SMILES string of the molecule is CC[C@@H](CNC(=O)[C@@H](C)OC(=O)c1ccc(-n2cccn2)cc1)c1ccccc1. The average Bonchev–Trinajstić information content (AvgIpc) is 3.30. The van der Waals surface area contributed by atoms with E-state index in [1.807, 2.05) is 30.5 Å². The number of esters is 1. The number of nitrogens with zero attached hydrogens (tertiary/aromatic N) is 2. The third-order valence-corrected chi connectivity index (χ3v) is 4.81. The summed E-state index contributed by atoms with van der Waals surface area (Å²) in [5, 5.41) is 7.03. The van der Waals surface area contributed by atoms with E-state index < -0.39 is 12.1 Å². The van der Waals surface area contributed by atoms with Gasteiger partial charge < -0.3 is 10.1 Å². The standard InChI is InChI=1S/C23H25N3O3/c1-3-18(19-8-5-4-6-9-19)16-24-22(27)17(2)29-23(28)20-10-12-21(13-11-20)26-15-7-14-25-26/h4-15,17-18H,3,16H2,1-2H3,(H,24,27)/t17-,18+/m1/s1. The molecular weight excluding hydrogens is 366 g/mol. The highest BCUT2D eigenvalue weighted by molar-refractivity contribution is 5.92. The summed E-state index contributed by atoms with van der Waals surface area (Å²) in [6.07, 6.45) is 3.53. The summed E-state index contributed by atoms with van der Waals surface area (Å²) in [4.78, 5) is 24.7. The molecule has 0 bridgehead atoms. The van der Waals surface area contributed by atoms with Crippen LogP contribution in [-0.2, 0) is 9.53 Å². The van der Waals surface area contributed by atoms with E-state index in [0.29, 0.717) is 12.1 Å². The second kappa shape index (κ2) is 9.68. The van der Waals surface area contributed by atoms with Crippen molar-refractivity contribution in [2.45, 2.75) is 32.3 Å². The van der Waals surface area contributed by atoms with Crippen LogP contribution in [0.1, 0.15) is 42.1 Å². The summed E-state index contributed by atoms with van der Waals surface area (Å²) < 4.78 is 7.02. The molecule has 2 atom stereocenters. The van der Waals surface area contributed by atoms with Crippen molar-refractivity contribution < 1.29 is 14.3 Å². The van der Waals surface area contributed by atoms with Crippen LogP contribution in [0.5, 0.6) is 0 Å². The summed E-state index contributed by atoms with van der Waals surface area (Å²) in [6, 6.07) is 18.7. The third-order valence-electron chi connectivity index (χ3n) is 4.81. The van der Waals surface area contributed by atoms with Crippen molar-refractivity contribution in [1.29, 1.82) is 0 Å². The number of aromatic nitrogens is 2. The molecular formula is C23H25N3O3. The predicted octanol–water partition coefficient (Wildman–Crippen LogP) is 3.73. The molecule has 0 aliphatic heterocycles. The molecule has 0 aliphatic carbocycles. The molecule has 1 aromatic heterocycles. The predicted molar refractivity (Wildman–Crippen MR) is 111 cm³/mol. The first-order valence-corrected chi connectivity index (χ1v) is 9.72. The van der Waals surface area contributed by atoms with E-state index in [1.54, 1.807) is 42.1 Å². The van der Waals surface area contributed by atoms with E-state index in [4.69, 9.17) is 4.74 Å². The number of ether oxygens (including phenoxy) is 1. The van der Waals surface area contributed by atoms with Gasteiger partial charge >= 0.3 is 5.97 Å². The van der Waals surface area contributed by atoms with Crippen molar-refractivity contribution in [1.82, 2.24) is 15.1 Å². The maximum absolute atomic E-state index is 12.4. The van der Waals surface area contributed by atoms with Gasteiger partial charge in [-0.25, -0.2) is 9.48 Å². The molecule has 0 saturated carbocycles. The maximum atomic E-state index is 12.4. The van der Waals surface area contributed by atoms with Gasteiger partial charge in [0.25, 0.3) is 5.91 Å². The molecule has 1 amide bonds. The zero-order valence-corrected chi connectivity index (χ0v) is 16.6. The van der Waals surface area contributed by atoms with Gasteiger partial charge in [-0.2, -0.15) is 5.10 Å². The van der Waals surface area contributed by atoms with Crippen molar-refractivity contribution in [3.8, 4) is 5.69 Å². The Balaban J connectivity index is 1.53. The number of carbonyl (C=O) groups is 2. The van der Waals surface area contributed by atoms with E-state index in [0.717, 1.165) is 12.1 Å². The lowest BCUT2D eigenvalue weighted by molar-refractivity contribution is -0.129. The lowest BCUT2D eigenvalue weighted by Crippen LogP contribution is -2.38. The summed E-state index contributed by atoms with van der Waals surface area (Å²) in [6.45, 7) is 4.16. The van der Waals surface area contributed by atoms with Crippen LogP contribution in [0.3, 0.4) is 0 Å². The number of carbonyl (C=O) groups excluding carboxylic acids is 2. The van der Waals surface area contributed by atoms with E-state index >= 15 is 0 Å². The molecule has 150 valence electrons. The summed E-state index contributed by atoms with van der Waals surface area (Å²) in [5.41, 5.74) is 2.40. The Kier molecular flexibility index (Phi) is 6.79. The van der Waals surface area contributed by atoms with Gasteiger partial charge in [-0.15, -0.1) is 0 Å². The summed E-state index contributed by atoms with van der Waals surface area (Å²) in [5.74, 6) is -0.617. The largest absolute Gasteiger partial charge is 0.449 e. The van der Waals surface area contributed by atoms with Crippen LogP contribution >= 0.6 is 0 Å². The highest BCUT2D eigenvalue weighted by Gasteiger charge is 2.20. The monoisotopic (exact) mass is 391 g/mol. The van der Waals surface area contributed by atoms with Crippen LogP contribution in [0.25, 0.3) is 5.69 Å². The van der Waals surface area contributed by atoms with Crippen LogP contribution in [0, 0.1) is 0 Å². The molecule has 0 fully saturated rings. The first-order chi connectivity index (χ1) is 14.1. The Morgan fingerprint density at radius 2 is 1.79 bits per heavy atom. The third kappa shape index (κ3) is 5.31. The fourth-order valence-corrected chi connectivity index (χ4v) is 3.04. The molecule has 0 unspecified atom stereocenters. The van der Waals surface area contributed by atoms with Crippen LogP contribution in [0.15, 0.2) is 73.1 Å². The molecule has 2 aromatic carbocycles. The van der Waals surface area contributed by atoms with Gasteiger partial charge in [-0.3, -0.25) is 4.79 Å². The van der Waals surface area contributed by atoms with E-state index in [-0.39, 0.29) is 11.8 Å². The Labute approximate surface area is 170 Å². The van der Waals surface area contributed by atoms with Crippen LogP contribution in [0.4, 0.5) is 0 Å². The minimum atomic E-state index is -0.874. The smallest absolute Gasteiger partial charge is 0.338 e. The number of hydrogen-bond acceptors (Lipinski definition) is 4. The van der Waals surface area contributed by atoms with Crippen LogP contribution in [0.2, 0.25) is 0 Å². The summed E-state index contributed by atoms with van der Waals surface area (Å²) >= 11 is 0. The van der Waals surface area contributed by atoms with Gasteiger partial charge in [0.15, 0.2) is 6.10 Å². The second-order valence-corrected chi connectivity index (χ2v) is 6.81. The molecule has 0 spiro atoms. The highest BCUT2D eigenvalue weighted by atomic mass is 16.5. The van der Waals surface area contributed by atoms with Gasteiger partial charge in [0.2, 0.25) is 0 Å². The molecule has 0 aliphatic rings. The van der Waals surface area contributed by atoms with Crippen molar-refractivity contribution in [2.75, 3.05) is 6.54 Å². The molecule has 1 N–H and O–H groups in total. The fraction of sp³-hybridized carbons (Fsp3) is 0.261. The number of benzene rings is 2. The average molecular weight is 391 g/mol. The molecule has 3 rings (SSSR count). The molecule has 0 radical (unpaired) electrons. The van der Waals surface area contributed by atoms with Gasteiger partial charge in [-0.05, 0) is 49.2 Å². The van der Waals surface area contributed by atoms with Crippen molar-refractivity contribution in [3.05, 3.63) is 84.2 Å². The molecule has 3 aromatic rings. The topological polar surface area (TPSA) is 73.2 Å². The van der Waals surface area contributed by atoms with E-state index in [9.17, 15) is 9.59 Å². The van der Waals surface area contributed by atoms with Crippen molar-refractivity contribution >= 4 is 11.9 Å². The fourth-order valence-electron chi connectivity index (χ4n) is 3.04. The molecule has 1 heterocycles. The lowest BCUT2D eigenvalue weighted by Gasteiger charge is -2.18. The highest BCUT2D eigenvalue weighted by Crippen LogP contribution is 2.18. The molecule has 29 heavy (non-hydrogen) atoms. The maximum Gasteiger partial charge on any atom is 0.338 e. The Morgan fingerprint density at radius 3 is 2.41 bits per heavy atom. The summed E-state index contributed by atoms with van der Waals surface area (Å²) in [7, 11) is 0. The number of amides is 1. The zero-order chi connectivity index (χ0) is 20.6. The van der Waals surface area contributed by atoms with Crippen molar-refractivity contribution in [3.63, 3.8) is 0 Å². The van der Waals surface area contributed by atoms with Crippen LogP contribution in [-0.4, -0.2) is 34.3 Å². The minimum Gasteiger partial charge on any atom is -0.449 e. The van der Waals surface area contributed by atoms with Gasteiger partial charge in [0.1, 0.15) is 0 Å². The van der Waals surface area contributed by atoms with Crippen molar-refractivity contribution in [2.24, 2.45) is 0 Å². The second-order valence-electron chi connectivity index (χ2n) is 6.81. The van der Waals surface area contributed by atoms with Gasteiger partial charge in [0.05, 0.1) is 11.3 Å². The first kappa shape index (κ1) is 20.3. The number of hydrogen-bond donors (Lipinski definition) is 1. The Morgan fingerprint density at radius 1 is 1.07 bits per heavy atom. The first-order valence-electron chi connectivity index (χ1n) is 9.72. The normalized spacial score (nSPS) is 12.8. The van der Waals surface area contributed by atoms with Gasteiger partial charge in [-0.1, -0.05) is 37.3 Å². The number of rotatable bonds is 8. The molecule has 0 saturated heterocycles. The van der Waals surface area contributed by atoms with E-state index in [1.165, 1.54) is 5.56 Å². The van der Waals surface area contributed by atoms with Gasteiger partial charge in [0, 0.05) is 24.9 Å². The molecule has 6 nitrogen and oxygen atoms in total. The molecule has 6 heteroatoms. The Hall–Kier alpha value is -3.41. The number of nitrogens with one attached hydrogen (secondary N) is 1. The quantitative estimate of drug-likeness (QED) is 0.594. The zero-order valence-electron chi connectivity index (χ0n) is 16.6. The Bertz CT molecular complexity index is 922. The van der Waals surface area contributed by atoms with E-state index in [2.05, 4.69) is 29.5 Å².